The van der Waals surface area contributed by atoms with Gasteiger partial charge in [-0.2, -0.15) is 0 Å². The van der Waals surface area contributed by atoms with Crippen molar-refractivity contribution in [2.24, 2.45) is 53.3 Å². The fraction of sp³-hybridized carbons (Fsp3) is 0.653. The summed E-state index contributed by atoms with van der Waals surface area (Å²) >= 11 is 0. The number of nitrogens with zero attached hydrogens (tertiary/aromatic N) is 4. The Morgan fingerprint density at radius 2 is 1.03 bits per heavy atom. The maximum absolute atomic E-state index is 15.5. The lowest BCUT2D eigenvalue weighted by Crippen LogP contribution is -2.64. The zero-order valence-corrected chi connectivity index (χ0v) is 64.2. The first-order chi connectivity index (χ1) is 47.5. The second-order valence-electron chi connectivity index (χ2n) is 30.3. The average Bonchev–Trinajstić information content (AvgIpc) is 1.29. The molecule has 4 rings (SSSR count). The smallest absolute Gasteiger partial charge is 0.309 e. The fourth-order valence-electron chi connectivity index (χ4n) is 13.0. The summed E-state index contributed by atoms with van der Waals surface area (Å²) in [6, 6.07) is -0.505. The zero-order chi connectivity index (χ0) is 77.4. The van der Waals surface area contributed by atoms with Crippen LogP contribution in [-0.2, 0) is 68.7 Å². The summed E-state index contributed by atoms with van der Waals surface area (Å²) < 4.78 is 6.11. The number of Topliss-reactive ketones (excluding diaryl/α,β-unsaturated/α-hetero) is 1. The number of carbonyl (C=O) groups excluding carboxylic acids is 12. The van der Waals surface area contributed by atoms with Gasteiger partial charge >= 0.3 is 5.97 Å². The maximum atomic E-state index is 15.5. The first kappa shape index (κ1) is 86.1. The number of ketones is 1. The van der Waals surface area contributed by atoms with Crippen LogP contribution in [-0.4, -0.2) is 220 Å². The Balaban J connectivity index is 2.04. The van der Waals surface area contributed by atoms with Gasteiger partial charge in [0.25, 0.3) is 0 Å². The largest absolute Gasteiger partial charge is 0.460 e. The van der Waals surface area contributed by atoms with E-state index in [2.05, 4.69) is 42.2 Å². The van der Waals surface area contributed by atoms with Gasteiger partial charge < -0.3 is 76.8 Å². The van der Waals surface area contributed by atoms with Crippen LogP contribution in [0.3, 0.4) is 0 Å². The quantitative estimate of drug-likeness (QED) is 0.0763. The van der Waals surface area contributed by atoms with Gasteiger partial charge in [-0.3, -0.25) is 57.5 Å². The molecule has 15 atom stereocenters. The first-order valence-electron chi connectivity index (χ1n) is 35.8. The van der Waals surface area contributed by atoms with E-state index in [1.54, 1.807) is 128 Å². The molecule has 10 N–H and O–H groups in total. The minimum Gasteiger partial charge on any atom is -0.460 e. The number of likely N-dealkylation sites (N-methyl/N-ethyl adjacent to an activating group) is 5. The van der Waals surface area contributed by atoms with E-state index in [4.69, 9.17) is 4.74 Å². The number of aliphatic hydroxyl groups is 2. The van der Waals surface area contributed by atoms with E-state index in [0.717, 1.165) is 27.8 Å². The van der Waals surface area contributed by atoms with Crippen molar-refractivity contribution in [3.8, 4) is 0 Å². The van der Waals surface area contributed by atoms with Crippen molar-refractivity contribution in [1.82, 2.24) is 61.8 Å². The van der Waals surface area contributed by atoms with Gasteiger partial charge in [-0.05, 0) is 91.9 Å². The summed E-state index contributed by atoms with van der Waals surface area (Å²) in [5, 5.41) is 44.0. The number of hydrogen-bond donors (Lipinski definition) is 10. The van der Waals surface area contributed by atoms with E-state index < -0.39 is 203 Å². The molecule has 27 heteroatoms. The molecule has 0 bridgehead atoms. The molecule has 102 heavy (non-hydrogen) atoms. The van der Waals surface area contributed by atoms with Gasteiger partial charge in [0.15, 0.2) is 5.78 Å². The highest BCUT2D eigenvalue weighted by Crippen LogP contribution is 2.28. The van der Waals surface area contributed by atoms with Crippen molar-refractivity contribution in [3.05, 3.63) is 71.9 Å². The number of esters is 1. The van der Waals surface area contributed by atoms with E-state index in [1.165, 1.54) is 56.9 Å². The van der Waals surface area contributed by atoms with Crippen LogP contribution in [0.4, 0.5) is 0 Å². The standard InChI is InChI=1S/C75H118N12O15/c1-37(2)33-52-65(91)80-59(43(13)14)72(98)86(22)62(44(15)16)74(100)85(21)53(34-48-36-77-51-32-28-27-31-49(48)51)66(92)78-56(40(7)8)69(95)83-61(64(90)47-29-25-24-26-30-47)54(89)35-50(38(3)4)75(101)102-46(18)60(82-68(94)57(41(9)10)79-67(93)55(76-19)39(5)6)73(99)87(23)63(45(17)88)70(96)81-58(42(11)12)71(97)84(52)20/h24-32,36-46,50,52-53,55-64,76-77,88,90H,33-35H2,1-23H3,(H,78,92)(H,79,93)(H,80,91)(H,81,96)(H,82,94)(H,83,95). The number of fused-ring (bicyclic) bond motifs is 1. The molecule has 0 radical (unpaired) electrons. The highest BCUT2D eigenvalue weighted by Gasteiger charge is 2.46. The van der Waals surface area contributed by atoms with Gasteiger partial charge in [-0.15, -0.1) is 0 Å². The molecule has 1 aliphatic heterocycles. The monoisotopic (exact) mass is 1430 g/mol. The van der Waals surface area contributed by atoms with Crippen LogP contribution in [0.25, 0.3) is 10.9 Å². The molecule has 1 saturated heterocycles. The van der Waals surface area contributed by atoms with Crippen molar-refractivity contribution < 1.29 is 72.5 Å². The van der Waals surface area contributed by atoms with Gasteiger partial charge in [0.2, 0.25) is 59.1 Å². The Hall–Kier alpha value is -8.30. The van der Waals surface area contributed by atoms with Crippen LogP contribution < -0.4 is 37.2 Å². The molecule has 1 fully saturated rings. The van der Waals surface area contributed by atoms with Gasteiger partial charge in [0.1, 0.15) is 72.6 Å². The van der Waals surface area contributed by atoms with E-state index in [0.29, 0.717) is 5.56 Å². The molecular weight excluding hydrogens is 1310 g/mol. The molecule has 0 spiro atoms. The lowest BCUT2D eigenvalue weighted by Gasteiger charge is -2.39. The second kappa shape index (κ2) is 38.3. The minimum atomic E-state index is -1.91. The molecular formula is C75H118N12O15. The Kier molecular flexibility index (Phi) is 32.3. The maximum Gasteiger partial charge on any atom is 0.309 e. The van der Waals surface area contributed by atoms with E-state index >= 15 is 33.6 Å². The molecule has 15 unspecified atom stereocenters. The molecule has 3 aromatic rings. The first-order valence-corrected chi connectivity index (χ1v) is 35.8. The number of para-hydroxylation sites is 1. The summed E-state index contributed by atoms with van der Waals surface area (Å²) in [5.74, 6) is -16.0. The number of carbonyl (C=O) groups is 12. The molecule has 0 aliphatic carbocycles. The molecule has 1 aliphatic rings. The predicted molar refractivity (Wildman–Crippen MR) is 388 cm³/mol. The van der Waals surface area contributed by atoms with Gasteiger partial charge in [0.05, 0.1) is 18.1 Å². The van der Waals surface area contributed by atoms with Crippen molar-refractivity contribution >= 4 is 81.7 Å². The number of H-pyrrole nitrogens is 1. The zero-order valence-electron chi connectivity index (χ0n) is 64.2. The summed E-state index contributed by atoms with van der Waals surface area (Å²) in [4.78, 5) is 188. The van der Waals surface area contributed by atoms with Crippen molar-refractivity contribution in [2.75, 3.05) is 35.2 Å². The Morgan fingerprint density at radius 3 is 1.54 bits per heavy atom. The molecule has 2 aromatic carbocycles. The Morgan fingerprint density at radius 1 is 0.539 bits per heavy atom. The van der Waals surface area contributed by atoms with Crippen LogP contribution in [0.1, 0.15) is 155 Å². The number of aromatic nitrogens is 1. The van der Waals surface area contributed by atoms with Gasteiger partial charge in [-0.25, -0.2) is 0 Å². The highest BCUT2D eigenvalue weighted by atomic mass is 16.5. The third kappa shape index (κ3) is 21.9. The van der Waals surface area contributed by atoms with Gasteiger partial charge in [-0.1, -0.05) is 159 Å². The lowest BCUT2D eigenvalue weighted by molar-refractivity contribution is -0.162. The van der Waals surface area contributed by atoms with Crippen molar-refractivity contribution in [2.45, 2.75) is 229 Å². The Bertz CT molecular complexity index is 3390. The average molecular weight is 1430 g/mol. The van der Waals surface area contributed by atoms with E-state index in [-0.39, 0.29) is 30.2 Å². The Labute approximate surface area is 602 Å². The van der Waals surface area contributed by atoms with Crippen LogP contribution in [0, 0.1) is 53.3 Å². The van der Waals surface area contributed by atoms with Crippen LogP contribution in [0.5, 0.6) is 0 Å². The van der Waals surface area contributed by atoms with E-state index in [9.17, 15) is 34.2 Å². The highest BCUT2D eigenvalue weighted by molar-refractivity contribution is 6.00. The number of hydrogen-bond acceptors (Lipinski definition) is 16. The molecule has 1 aromatic heterocycles. The number of aliphatic hydroxyl groups excluding tert-OH is 2. The molecule has 568 valence electrons. The topological polar surface area (TPSA) is 367 Å². The van der Waals surface area contributed by atoms with Crippen LogP contribution >= 0.6 is 0 Å². The predicted octanol–water partition coefficient (Wildman–Crippen LogP) is 3.79. The van der Waals surface area contributed by atoms with Crippen LogP contribution in [0.2, 0.25) is 0 Å². The number of rotatable bonds is 19. The van der Waals surface area contributed by atoms with Crippen LogP contribution in [0.15, 0.2) is 60.8 Å². The number of amides is 10. The number of ether oxygens (including phenoxy) is 1. The second-order valence-corrected chi connectivity index (χ2v) is 30.3. The summed E-state index contributed by atoms with van der Waals surface area (Å²) in [6.07, 6.45) is -4.18. The SMILES string of the molecule is CNC(C(=O)NC(C(=O)NC1C(=O)N(C)C(C(C)O)C(=O)NC(C(C)C)C(=O)N(C)C(CC(C)C)C(=O)NC(C(C)C)C(=O)N(C)C(C(C)C)C(=O)N(C)C(Cc2c[nH]c3ccccc23)C(=O)NC(C(C)C)C(=O)NC(C(O)c2ccccc2)C(=O)CC(C(C)C)C(=O)OC1C)C(C)C)C(C)C. The third-order valence-corrected chi connectivity index (χ3v) is 19.3. The summed E-state index contributed by atoms with van der Waals surface area (Å²) in [7, 11) is 6.95. The number of nitrogens with one attached hydrogen (secondary N) is 8. The number of cyclic esters (lactones) is 1. The summed E-state index contributed by atoms with van der Waals surface area (Å²) in [5.41, 5.74) is 1.54. The third-order valence-electron chi connectivity index (χ3n) is 19.3. The summed E-state index contributed by atoms with van der Waals surface area (Å²) in [6.45, 7) is 29.7. The fourth-order valence-corrected chi connectivity index (χ4v) is 13.0. The molecule has 0 saturated carbocycles. The van der Waals surface area contributed by atoms with Crippen molar-refractivity contribution in [3.63, 3.8) is 0 Å². The lowest BCUT2D eigenvalue weighted by atomic mass is 9.86. The minimum absolute atomic E-state index is 0.0573. The van der Waals surface area contributed by atoms with E-state index in [1.807, 2.05) is 38.1 Å². The molecule has 10 amide bonds. The number of aromatic amines is 1. The number of benzene rings is 2. The van der Waals surface area contributed by atoms with Crippen molar-refractivity contribution in [1.29, 1.82) is 0 Å². The molecule has 27 nitrogen and oxygen atoms in total. The van der Waals surface area contributed by atoms with Gasteiger partial charge in [0, 0.05) is 58.1 Å². The molecule has 2 heterocycles. The normalized spacial score (nSPS) is 25.2.